The molecule has 0 aliphatic rings. The molecular weight excluding hydrogens is 312 g/mol. The summed E-state index contributed by atoms with van der Waals surface area (Å²) in [6.07, 6.45) is 1.59. The van der Waals surface area contributed by atoms with Crippen LogP contribution in [0.5, 0.6) is 0 Å². The first-order valence-electron chi connectivity index (χ1n) is 8.10. The van der Waals surface area contributed by atoms with Crippen LogP contribution in [0.25, 0.3) is 0 Å². The standard InChI is InChI=1S/C21H20N2O2/c1-15-9-3-5-11-17(15)21(25,18-12-6-4-10-16(18)2)20(24)23-19-13-7-8-14-22-19/h3-14,25H,1-2H3,(H,22,23,24). The third-order valence-electron chi connectivity index (χ3n) is 4.30. The van der Waals surface area contributed by atoms with Gasteiger partial charge in [0.1, 0.15) is 5.82 Å². The Morgan fingerprint density at radius 2 is 1.40 bits per heavy atom. The molecule has 1 amide bonds. The Bertz CT molecular complexity index is 846. The molecular formula is C21H20N2O2. The number of carbonyl (C=O) groups is 1. The zero-order valence-electron chi connectivity index (χ0n) is 14.2. The van der Waals surface area contributed by atoms with Gasteiger partial charge in [-0.05, 0) is 37.1 Å². The molecule has 1 aromatic heterocycles. The second kappa shape index (κ2) is 6.87. The molecule has 25 heavy (non-hydrogen) atoms. The average Bonchev–Trinajstić information content (AvgIpc) is 2.62. The van der Waals surface area contributed by atoms with Crippen molar-refractivity contribution in [1.29, 1.82) is 0 Å². The van der Waals surface area contributed by atoms with Crippen LogP contribution in [0.2, 0.25) is 0 Å². The molecule has 3 aromatic rings. The largest absolute Gasteiger partial charge is 0.372 e. The fourth-order valence-electron chi connectivity index (χ4n) is 2.99. The number of rotatable bonds is 4. The molecule has 0 fully saturated rings. The summed E-state index contributed by atoms with van der Waals surface area (Å²) in [7, 11) is 0. The molecule has 0 atom stereocenters. The van der Waals surface area contributed by atoms with Crippen molar-refractivity contribution in [3.05, 3.63) is 95.2 Å². The van der Waals surface area contributed by atoms with Crippen LogP contribution in [-0.4, -0.2) is 16.0 Å². The molecule has 0 spiro atoms. The number of hydrogen-bond donors (Lipinski definition) is 2. The van der Waals surface area contributed by atoms with E-state index in [1.165, 1.54) is 0 Å². The fraction of sp³-hybridized carbons (Fsp3) is 0.143. The van der Waals surface area contributed by atoms with Crippen molar-refractivity contribution in [3.8, 4) is 0 Å². The summed E-state index contributed by atoms with van der Waals surface area (Å²) in [6.45, 7) is 3.76. The van der Waals surface area contributed by atoms with Crippen LogP contribution < -0.4 is 5.32 Å². The summed E-state index contributed by atoms with van der Waals surface area (Å²) in [5.74, 6) is -0.136. The van der Waals surface area contributed by atoms with E-state index in [4.69, 9.17) is 0 Å². The predicted molar refractivity (Wildman–Crippen MR) is 98.2 cm³/mol. The van der Waals surface area contributed by atoms with Crippen LogP contribution in [-0.2, 0) is 10.4 Å². The van der Waals surface area contributed by atoms with E-state index in [1.54, 1.807) is 36.5 Å². The second-order valence-corrected chi connectivity index (χ2v) is 6.01. The third kappa shape index (κ3) is 3.16. The van der Waals surface area contributed by atoms with Crippen LogP contribution in [0.15, 0.2) is 72.9 Å². The normalized spacial score (nSPS) is 11.2. The van der Waals surface area contributed by atoms with Crippen molar-refractivity contribution < 1.29 is 9.90 Å². The van der Waals surface area contributed by atoms with Crippen molar-refractivity contribution >= 4 is 11.7 Å². The van der Waals surface area contributed by atoms with Gasteiger partial charge in [-0.3, -0.25) is 4.79 Å². The molecule has 0 saturated heterocycles. The highest BCUT2D eigenvalue weighted by Gasteiger charge is 2.42. The summed E-state index contributed by atoms with van der Waals surface area (Å²) in [4.78, 5) is 17.3. The van der Waals surface area contributed by atoms with Gasteiger partial charge in [-0.15, -0.1) is 0 Å². The summed E-state index contributed by atoms with van der Waals surface area (Å²) < 4.78 is 0. The van der Waals surface area contributed by atoms with Crippen LogP contribution in [0.4, 0.5) is 5.82 Å². The number of anilines is 1. The first kappa shape index (κ1) is 16.9. The number of pyridine rings is 1. The molecule has 0 unspecified atom stereocenters. The van der Waals surface area contributed by atoms with Gasteiger partial charge in [0.15, 0.2) is 5.60 Å². The topological polar surface area (TPSA) is 62.2 Å². The van der Waals surface area contributed by atoms with Gasteiger partial charge in [-0.1, -0.05) is 54.6 Å². The molecule has 0 aliphatic heterocycles. The number of carbonyl (C=O) groups excluding carboxylic acids is 1. The van der Waals surface area contributed by atoms with Crippen molar-refractivity contribution in [2.45, 2.75) is 19.4 Å². The molecule has 0 saturated carbocycles. The van der Waals surface area contributed by atoms with Crippen molar-refractivity contribution in [3.63, 3.8) is 0 Å². The van der Waals surface area contributed by atoms with Crippen molar-refractivity contribution in [2.75, 3.05) is 5.32 Å². The zero-order chi connectivity index (χ0) is 17.9. The maximum absolute atomic E-state index is 13.1. The van der Waals surface area contributed by atoms with E-state index in [0.29, 0.717) is 16.9 Å². The maximum atomic E-state index is 13.1. The van der Waals surface area contributed by atoms with Crippen LogP contribution >= 0.6 is 0 Å². The smallest absolute Gasteiger partial charge is 0.266 e. The number of nitrogens with one attached hydrogen (secondary N) is 1. The van der Waals surface area contributed by atoms with E-state index < -0.39 is 11.5 Å². The minimum atomic E-state index is -1.81. The Labute approximate surface area is 147 Å². The molecule has 3 rings (SSSR count). The van der Waals surface area contributed by atoms with E-state index in [2.05, 4.69) is 10.3 Å². The summed E-state index contributed by atoms with van der Waals surface area (Å²) in [5.41, 5.74) is 0.970. The highest BCUT2D eigenvalue weighted by Crippen LogP contribution is 2.34. The Kier molecular flexibility index (Phi) is 4.63. The highest BCUT2D eigenvalue weighted by molar-refractivity contribution is 6.00. The third-order valence-corrected chi connectivity index (χ3v) is 4.30. The minimum absolute atomic E-state index is 0.396. The van der Waals surface area contributed by atoms with Crippen molar-refractivity contribution in [1.82, 2.24) is 4.98 Å². The lowest BCUT2D eigenvalue weighted by Gasteiger charge is -2.30. The maximum Gasteiger partial charge on any atom is 0.266 e. The lowest BCUT2D eigenvalue weighted by atomic mass is 9.81. The van der Waals surface area contributed by atoms with Gasteiger partial charge in [0.05, 0.1) is 0 Å². The van der Waals surface area contributed by atoms with Gasteiger partial charge >= 0.3 is 0 Å². The molecule has 4 nitrogen and oxygen atoms in total. The van der Waals surface area contributed by atoms with Gasteiger partial charge in [0.2, 0.25) is 0 Å². The quantitative estimate of drug-likeness (QED) is 0.768. The second-order valence-electron chi connectivity index (χ2n) is 6.01. The van der Waals surface area contributed by atoms with Gasteiger partial charge in [0, 0.05) is 17.3 Å². The number of nitrogens with zero attached hydrogens (tertiary/aromatic N) is 1. The number of amides is 1. The van der Waals surface area contributed by atoms with Crippen LogP contribution in [0.3, 0.4) is 0 Å². The molecule has 0 bridgehead atoms. The van der Waals surface area contributed by atoms with Crippen molar-refractivity contribution in [2.24, 2.45) is 0 Å². The number of aliphatic hydroxyl groups is 1. The number of aryl methyl sites for hydroxylation is 2. The highest BCUT2D eigenvalue weighted by atomic mass is 16.3. The number of hydrogen-bond acceptors (Lipinski definition) is 3. The van der Waals surface area contributed by atoms with Gasteiger partial charge in [0.25, 0.3) is 5.91 Å². The molecule has 2 N–H and O–H groups in total. The summed E-state index contributed by atoms with van der Waals surface area (Å²) >= 11 is 0. The predicted octanol–water partition coefficient (Wildman–Crippen LogP) is 3.57. The molecule has 0 aliphatic carbocycles. The van der Waals surface area contributed by atoms with Gasteiger partial charge in [-0.25, -0.2) is 4.98 Å². The molecule has 126 valence electrons. The molecule has 0 radical (unpaired) electrons. The monoisotopic (exact) mass is 332 g/mol. The van der Waals surface area contributed by atoms with Crippen LogP contribution in [0, 0.1) is 13.8 Å². The number of aromatic nitrogens is 1. The van der Waals surface area contributed by atoms with Gasteiger partial charge < -0.3 is 10.4 Å². The Balaban J connectivity index is 2.14. The van der Waals surface area contributed by atoms with Crippen LogP contribution in [0.1, 0.15) is 22.3 Å². The lowest BCUT2D eigenvalue weighted by molar-refractivity contribution is -0.131. The van der Waals surface area contributed by atoms with E-state index in [-0.39, 0.29) is 0 Å². The van der Waals surface area contributed by atoms with E-state index in [0.717, 1.165) is 11.1 Å². The summed E-state index contributed by atoms with van der Waals surface area (Å²) in [6, 6.07) is 20.0. The fourth-order valence-corrected chi connectivity index (χ4v) is 2.99. The van der Waals surface area contributed by atoms with E-state index in [1.807, 2.05) is 50.2 Å². The molecule has 1 heterocycles. The zero-order valence-corrected chi connectivity index (χ0v) is 14.2. The molecule has 4 heteroatoms. The Morgan fingerprint density at radius 3 is 1.88 bits per heavy atom. The lowest BCUT2D eigenvalue weighted by Crippen LogP contribution is -2.42. The van der Waals surface area contributed by atoms with Gasteiger partial charge in [-0.2, -0.15) is 0 Å². The first-order valence-corrected chi connectivity index (χ1v) is 8.10. The molecule has 2 aromatic carbocycles. The minimum Gasteiger partial charge on any atom is -0.372 e. The summed E-state index contributed by atoms with van der Waals surface area (Å²) in [5, 5.41) is 14.3. The SMILES string of the molecule is Cc1ccccc1C(O)(C(=O)Nc1ccccn1)c1ccccc1C. The Morgan fingerprint density at radius 1 is 0.880 bits per heavy atom. The average molecular weight is 332 g/mol. The van der Waals surface area contributed by atoms with E-state index >= 15 is 0 Å². The number of benzene rings is 2. The first-order chi connectivity index (χ1) is 12.0. The van der Waals surface area contributed by atoms with E-state index in [9.17, 15) is 9.90 Å². The Hall–Kier alpha value is -2.98.